The highest BCUT2D eigenvalue weighted by molar-refractivity contribution is 7.10. The Morgan fingerprint density at radius 3 is 2.60 bits per heavy atom. The summed E-state index contributed by atoms with van der Waals surface area (Å²) in [4.78, 5) is 1.11. The summed E-state index contributed by atoms with van der Waals surface area (Å²) in [5, 5.41) is 2.01. The van der Waals surface area contributed by atoms with Crippen LogP contribution in [0.2, 0.25) is 0 Å². The molecule has 1 aromatic rings. The first-order valence-corrected chi connectivity index (χ1v) is 5.89. The normalized spacial score (nSPS) is 12.3. The fourth-order valence-electron chi connectivity index (χ4n) is 1.15. The van der Waals surface area contributed by atoms with E-state index in [1.165, 1.54) is 0 Å². The van der Waals surface area contributed by atoms with Crippen molar-refractivity contribution in [1.82, 2.24) is 0 Å². The van der Waals surface area contributed by atoms with E-state index in [1.807, 2.05) is 37.4 Å². The number of hydrogen-bond acceptors (Lipinski definition) is 4. The van der Waals surface area contributed by atoms with Gasteiger partial charge in [-0.2, -0.15) is 0 Å². The van der Waals surface area contributed by atoms with E-state index in [0.717, 1.165) is 4.88 Å². The molecule has 0 aliphatic heterocycles. The second kappa shape index (κ2) is 6.61. The molecule has 4 heteroatoms. The first-order valence-electron chi connectivity index (χ1n) is 5.01. The molecule has 0 fully saturated rings. The lowest BCUT2D eigenvalue weighted by molar-refractivity contribution is -0.111. The van der Waals surface area contributed by atoms with Crippen LogP contribution in [-0.2, 0) is 9.47 Å². The fourth-order valence-corrected chi connectivity index (χ4v) is 1.82. The molecular formula is C11H17NO2S. The Hall–Kier alpha value is -0.840. The van der Waals surface area contributed by atoms with Gasteiger partial charge in [0.2, 0.25) is 0 Å². The number of hydrogen-bond donors (Lipinski definition) is 1. The summed E-state index contributed by atoms with van der Waals surface area (Å²) >= 11 is 1.64. The van der Waals surface area contributed by atoms with Crippen molar-refractivity contribution in [2.45, 2.75) is 20.1 Å². The van der Waals surface area contributed by atoms with Crippen molar-refractivity contribution in [2.24, 2.45) is 5.73 Å². The summed E-state index contributed by atoms with van der Waals surface area (Å²) < 4.78 is 10.8. The first kappa shape index (κ1) is 12.2. The van der Waals surface area contributed by atoms with Gasteiger partial charge < -0.3 is 15.2 Å². The van der Waals surface area contributed by atoms with Crippen LogP contribution in [0.4, 0.5) is 0 Å². The van der Waals surface area contributed by atoms with E-state index >= 15 is 0 Å². The molecule has 0 aliphatic carbocycles. The van der Waals surface area contributed by atoms with Crippen LogP contribution in [0.5, 0.6) is 0 Å². The standard InChI is InChI=1S/C11H17NO2S/c1-3-13-11(14-4-2)10(12)8-9-6-5-7-15-9/h5-8,11H,3-4,12H2,1-2H3. The Morgan fingerprint density at radius 2 is 2.13 bits per heavy atom. The van der Waals surface area contributed by atoms with Gasteiger partial charge in [0, 0.05) is 18.1 Å². The van der Waals surface area contributed by atoms with Gasteiger partial charge in [0.1, 0.15) is 0 Å². The quantitative estimate of drug-likeness (QED) is 0.759. The highest BCUT2D eigenvalue weighted by Crippen LogP contribution is 2.14. The molecule has 0 aromatic carbocycles. The van der Waals surface area contributed by atoms with E-state index in [-0.39, 0.29) is 0 Å². The van der Waals surface area contributed by atoms with Crippen molar-refractivity contribution in [3.63, 3.8) is 0 Å². The average molecular weight is 227 g/mol. The van der Waals surface area contributed by atoms with Crippen molar-refractivity contribution in [2.75, 3.05) is 13.2 Å². The van der Waals surface area contributed by atoms with E-state index in [9.17, 15) is 0 Å². The van der Waals surface area contributed by atoms with E-state index in [1.54, 1.807) is 11.3 Å². The van der Waals surface area contributed by atoms with Crippen molar-refractivity contribution in [1.29, 1.82) is 0 Å². The molecule has 15 heavy (non-hydrogen) atoms. The minimum atomic E-state index is -0.429. The van der Waals surface area contributed by atoms with E-state index in [0.29, 0.717) is 18.9 Å². The monoisotopic (exact) mass is 227 g/mol. The van der Waals surface area contributed by atoms with Gasteiger partial charge in [0.05, 0.1) is 5.70 Å². The number of ether oxygens (including phenoxy) is 2. The minimum absolute atomic E-state index is 0.429. The molecular weight excluding hydrogens is 210 g/mol. The van der Waals surface area contributed by atoms with Gasteiger partial charge in [-0.3, -0.25) is 0 Å². The van der Waals surface area contributed by atoms with Crippen LogP contribution in [0.15, 0.2) is 23.2 Å². The van der Waals surface area contributed by atoms with Crippen molar-refractivity contribution >= 4 is 17.4 Å². The summed E-state index contributed by atoms with van der Waals surface area (Å²) in [6.07, 6.45) is 1.46. The maximum absolute atomic E-state index is 5.90. The summed E-state index contributed by atoms with van der Waals surface area (Å²) in [6.45, 7) is 5.02. The molecule has 0 amide bonds. The van der Waals surface area contributed by atoms with E-state index in [4.69, 9.17) is 15.2 Å². The van der Waals surface area contributed by atoms with Gasteiger partial charge in [-0.25, -0.2) is 0 Å². The summed E-state index contributed by atoms with van der Waals surface area (Å²) in [5.74, 6) is 0. The zero-order chi connectivity index (χ0) is 11.1. The number of rotatable bonds is 6. The Kier molecular flexibility index (Phi) is 5.39. The van der Waals surface area contributed by atoms with Crippen LogP contribution >= 0.6 is 11.3 Å². The van der Waals surface area contributed by atoms with Gasteiger partial charge in [-0.05, 0) is 31.4 Å². The van der Waals surface area contributed by atoms with Gasteiger partial charge in [-0.15, -0.1) is 11.3 Å². The molecule has 1 rings (SSSR count). The number of nitrogens with two attached hydrogens (primary N) is 1. The van der Waals surface area contributed by atoms with E-state index < -0.39 is 6.29 Å². The predicted octanol–water partition coefficient (Wildman–Crippen LogP) is 2.45. The maximum atomic E-state index is 5.90. The highest BCUT2D eigenvalue weighted by atomic mass is 32.1. The molecule has 0 unspecified atom stereocenters. The summed E-state index contributed by atoms with van der Waals surface area (Å²) in [5.41, 5.74) is 6.51. The van der Waals surface area contributed by atoms with Crippen LogP contribution in [0.3, 0.4) is 0 Å². The zero-order valence-corrected chi connectivity index (χ0v) is 9.92. The second-order valence-corrected chi connectivity index (χ2v) is 3.88. The molecule has 2 N–H and O–H groups in total. The topological polar surface area (TPSA) is 44.5 Å². The third kappa shape index (κ3) is 4.03. The highest BCUT2D eigenvalue weighted by Gasteiger charge is 2.10. The zero-order valence-electron chi connectivity index (χ0n) is 9.10. The molecule has 1 heterocycles. The minimum Gasteiger partial charge on any atom is -0.398 e. The molecule has 1 aromatic heterocycles. The lowest BCUT2D eigenvalue weighted by Crippen LogP contribution is -2.24. The van der Waals surface area contributed by atoms with Gasteiger partial charge in [0.25, 0.3) is 0 Å². The lowest BCUT2D eigenvalue weighted by atomic mass is 10.3. The first-order chi connectivity index (χ1) is 7.27. The van der Waals surface area contributed by atoms with Crippen molar-refractivity contribution < 1.29 is 9.47 Å². The Morgan fingerprint density at radius 1 is 1.47 bits per heavy atom. The van der Waals surface area contributed by atoms with Gasteiger partial charge in [0.15, 0.2) is 6.29 Å². The molecule has 0 atom stereocenters. The average Bonchev–Trinajstić information content (AvgIpc) is 2.70. The largest absolute Gasteiger partial charge is 0.398 e. The van der Waals surface area contributed by atoms with E-state index in [2.05, 4.69) is 0 Å². The fraction of sp³-hybridized carbons (Fsp3) is 0.455. The smallest absolute Gasteiger partial charge is 0.198 e. The van der Waals surface area contributed by atoms with Gasteiger partial charge >= 0.3 is 0 Å². The Labute approximate surface area is 94.5 Å². The van der Waals surface area contributed by atoms with Gasteiger partial charge in [-0.1, -0.05) is 6.07 Å². The molecule has 0 bridgehead atoms. The lowest BCUT2D eigenvalue weighted by Gasteiger charge is -2.16. The molecule has 0 aliphatic rings. The number of thiophene rings is 1. The summed E-state index contributed by atoms with van der Waals surface area (Å²) in [7, 11) is 0. The SMILES string of the molecule is CCOC(OCC)C(N)=Cc1cccs1. The predicted molar refractivity (Wildman–Crippen MR) is 63.5 cm³/mol. The molecule has 0 radical (unpaired) electrons. The molecule has 0 saturated carbocycles. The molecule has 84 valence electrons. The van der Waals surface area contributed by atoms with Crippen molar-refractivity contribution in [3.05, 3.63) is 28.1 Å². The van der Waals surface area contributed by atoms with Crippen molar-refractivity contribution in [3.8, 4) is 0 Å². The third-order valence-electron chi connectivity index (χ3n) is 1.76. The Bertz CT molecular complexity index is 290. The molecule has 0 saturated heterocycles. The maximum Gasteiger partial charge on any atom is 0.198 e. The van der Waals surface area contributed by atoms with Crippen LogP contribution in [0.1, 0.15) is 18.7 Å². The molecule has 0 spiro atoms. The molecule has 3 nitrogen and oxygen atoms in total. The second-order valence-electron chi connectivity index (χ2n) is 2.90. The third-order valence-corrected chi connectivity index (χ3v) is 2.58. The van der Waals surface area contributed by atoms with Crippen LogP contribution < -0.4 is 5.73 Å². The van der Waals surface area contributed by atoms with Crippen LogP contribution in [-0.4, -0.2) is 19.5 Å². The Balaban J connectivity index is 2.66. The van der Waals surface area contributed by atoms with Crippen LogP contribution in [0, 0.1) is 0 Å². The van der Waals surface area contributed by atoms with Crippen LogP contribution in [0.25, 0.3) is 6.08 Å². The summed E-state index contributed by atoms with van der Waals surface area (Å²) in [6, 6.07) is 3.99.